The number of carboxylic acids is 2. The van der Waals surface area contributed by atoms with Crippen LogP contribution in [0.4, 0.5) is 0 Å². The summed E-state index contributed by atoms with van der Waals surface area (Å²) >= 11 is 1.37. The summed E-state index contributed by atoms with van der Waals surface area (Å²) in [4.78, 5) is 82.6. The van der Waals surface area contributed by atoms with Crippen LogP contribution in [0.5, 0.6) is 0 Å². The highest BCUT2D eigenvalue weighted by molar-refractivity contribution is 7.98. The van der Waals surface area contributed by atoms with E-state index in [1.165, 1.54) is 11.8 Å². The number of hydrogen-bond acceptors (Lipinski definition) is 9. The van der Waals surface area contributed by atoms with Crippen molar-refractivity contribution in [2.45, 2.75) is 69.1 Å². The van der Waals surface area contributed by atoms with Gasteiger partial charge in [-0.15, -0.1) is 0 Å². The van der Waals surface area contributed by atoms with Crippen molar-refractivity contribution in [3.63, 3.8) is 0 Å². The van der Waals surface area contributed by atoms with Gasteiger partial charge in [0.2, 0.25) is 29.5 Å². The van der Waals surface area contributed by atoms with Crippen LogP contribution in [0.25, 0.3) is 0 Å². The topological polar surface area (TPSA) is 274 Å². The van der Waals surface area contributed by atoms with E-state index < -0.39 is 72.1 Å². The van der Waals surface area contributed by atoms with Crippen LogP contribution in [0, 0.1) is 0 Å². The molecule has 5 amide bonds. The van der Waals surface area contributed by atoms with Crippen molar-refractivity contribution in [1.29, 1.82) is 0 Å². The van der Waals surface area contributed by atoms with Gasteiger partial charge in [-0.3, -0.25) is 28.8 Å². The number of nitrogens with one attached hydrogen (secondary N) is 3. The van der Waals surface area contributed by atoms with Gasteiger partial charge in [0.25, 0.3) is 0 Å². The first-order valence-electron chi connectivity index (χ1n) is 10.9. The Balaban J connectivity index is 5.59. The third-order valence-corrected chi connectivity index (χ3v) is 5.50. The second kappa shape index (κ2) is 17.1. The van der Waals surface area contributed by atoms with Crippen molar-refractivity contribution < 1.29 is 43.8 Å². The maximum absolute atomic E-state index is 12.9. The molecule has 0 fully saturated rings. The number of aliphatic carboxylic acids is 2. The molecule has 0 aromatic heterocycles. The molecule has 0 aromatic carbocycles. The van der Waals surface area contributed by atoms with Crippen LogP contribution in [-0.4, -0.2) is 87.9 Å². The molecule has 0 saturated carbocycles. The molecule has 0 aliphatic rings. The number of carboxylic acid groups (broad SMARTS) is 2. The fourth-order valence-corrected chi connectivity index (χ4v) is 3.31. The summed E-state index contributed by atoms with van der Waals surface area (Å²) in [5, 5.41) is 25.0. The first-order valence-corrected chi connectivity index (χ1v) is 12.3. The summed E-state index contributed by atoms with van der Waals surface area (Å²) in [5.74, 6) is -6.30. The van der Waals surface area contributed by atoms with Crippen LogP contribution < -0.4 is 33.2 Å². The average Bonchev–Trinajstić information content (AvgIpc) is 2.79. The zero-order valence-corrected chi connectivity index (χ0v) is 20.7. The number of primary amides is 2. The number of rotatable bonds is 19. The second-order valence-corrected chi connectivity index (χ2v) is 8.84. The lowest BCUT2D eigenvalue weighted by Gasteiger charge is -2.25. The SMILES string of the molecule is CSCCC(NC(=O)C(CCC(N)=O)NC(=O)C(CCC(N)=O)NC(=O)C(N)CCC(=O)O)C(=O)O. The standard InChI is InChI=1S/C20H34N6O9S/c1-36-9-8-13(20(34)35)26-19(33)12(4-6-15(23)28)25-18(32)11(3-5-14(22)27)24-17(31)10(21)2-7-16(29)30/h10-13H,2-9,21H2,1H3,(H2,22,27)(H2,23,28)(H,24,31)(H,25,32)(H,26,33)(H,29,30)(H,34,35). The Hall–Kier alpha value is -3.40. The van der Waals surface area contributed by atoms with Gasteiger partial charge in [0.05, 0.1) is 6.04 Å². The molecule has 0 spiro atoms. The second-order valence-electron chi connectivity index (χ2n) is 7.85. The van der Waals surface area contributed by atoms with E-state index in [1.54, 1.807) is 6.26 Å². The molecule has 0 saturated heterocycles. The smallest absolute Gasteiger partial charge is 0.326 e. The van der Waals surface area contributed by atoms with Gasteiger partial charge < -0.3 is 43.4 Å². The molecular formula is C20H34N6O9S. The maximum atomic E-state index is 12.9. The fourth-order valence-electron chi connectivity index (χ4n) is 2.84. The Morgan fingerprint density at radius 3 is 1.53 bits per heavy atom. The molecule has 15 nitrogen and oxygen atoms in total. The molecule has 0 heterocycles. The van der Waals surface area contributed by atoms with E-state index in [1.807, 2.05) is 0 Å². The van der Waals surface area contributed by atoms with Gasteiger partial charge in [0, 0.05) is 19.3 Å². The minimum Gasteiger partial charge on any atom is -0.481 e. The minimum absolute atomic E-state index is 0.101. The number of hydrogen-bond donors (Lipinski definition) is 8. The predicted octanol–water partition coefficient (Wildman–Crippen LogP) is -3.00. The first-order chi connectivity index (χ1) is 16.8. The molecule has 0 bridgehead atoms. The summed E-state index contributed by atoms with van der Waals surface area (Å²) in [5.41, 5.74) is 15.9. The van der Waals surface area contributed by atoms with Gasteiger partial charge in [-0.25, -0.2) is 4.79 Å². The summed E-state index contributed by atoms with van der Waals surface area (Å²) in [6.45, 7) is 0. The summed E-state index contributed by atoms with van der Waals surface area (Å²) in [7, 11) is 0. The van der Waals surface area contributed by atoms with Gasteiger partial charge >= 0.3 is 11.9 Å². The van der Waals surface area contributed by atoms with E-state index in [0.29, 0.717) is 5.75 Å². The van der Waals surface area contributed by atoms with Gasteiger partial charge in [0.15, 0.2) is 0 Å². The van der Waals surface area contributed by atoms with Gasteiger partial charge in [0.1, 0.15) is 18.1 Å². The van der Waals surface area contributed by atoms with Crippen LogP contribution in [0.2, 0.25) is 0 Å². The lowest BCUT2D eigenvalue weighted by atomic mass is 10.1. The average molecular weight is 535 g/mol. The molecule has 0 aliphatic heterocycles. The minimum atomic E-state index is -1.39. The van der Waals surface area contributed by atoms with Crippen LogP contribution in [0.3, 0.4) is 0 Å². The Kier molecular flexibility index (Phi) is 15.5. The zero-order valence-electron chi connectivity index (χ0n) is 19.9. The number of amides is 5. The van der Waals surface area contributed by atoms with E-state index in [2.05, 4.69) is 16.0 Å². The first kappa shape index (κ1) is 32.6. The molecule has 4 unspecified atom stereocenters. The molecule has 0 aromatic rings. The molecular weight excluding hydrogens is 500 g/mol. The Morgan fingerprint density at radius 2 is 1.14 bits per heavy atom. The van der Waals surface area contributed by atoms with Crippen molar-refractivity contribution in [2.24, 2.45) is 17.2 Å². The van der Waals surface area contributed by atoms with E-state index in [0.717, 1.165) is 0 Å². The zero-order chi connectivity index (χ0) is 27.8. The molecule has 0 radical (unpaired) electrons. The molecule has 4 atom stereocenters. The van der Waals surface area contributed by atoms with Crippen LogP contribution in [0.1, 0.15) is 44.9 Å². The normalized spacial score (nSPS) is 13.9. The largest absolute Gasteiger partial charge is 0.481 e. The Bertz CT molecular complexity index is 825. The lowest BCUT2D eigenvalue weighted by molar-refractivity contribution is -0.142. The van der Waals surface area contributed by atoms with Gasteiger partial charge in [-0.2, -0.15) is 11.8 Å². The Morgan fingerprint density at radius 1 is 0.694 bits per heavy atom. The third kappa shape index (κ3) is 14.1. The summed E-state index contributed by atoms with van der Waals surface area (Å²) < 4.78 is 0. The monoisotopic (exact) mass is 534 g/mol. The number of carbonyl (C=O) groups is 7. The summed E-state index contributed by atoms with van der Waals surface area (Å²) in [6.07, 6.45) is 0.0560. The van der Waals surface area contributed by atoms with Crippen LogP contribution in [-0.2, 0) is 33.6 Å². The van der Waals surface area contributed by atoms with E-state index in [4.69, 9.17) is 22.3 Å². The molecule has 36 heavy (non-hydrogen) atoms. The maximum Gasteiger partial charge on any atom is 0.326 e. The lowest BCUT2D eigenvalue weighted by Crippen LogP contribution is -2.57. The number of thioether (sulfide) groups is 1. The van der Waals surface area contributed by atoms with E-state index in [9.17, 15) is 38.7 Å². The van der Waals surface area contributed by atoms with E-state index in [-0.39, 0.29) is 38.5 Å². The highest BCUT2D eigenvalue weighted by atomic mass is 32.2. The molecule has 11 N–H and O–H groups in total. The fraction of sp³-hybridized carbons (Fsp3) is 0.650. The molecule has 0 aliphatic carbocycles. The quantitative estimate of drug-likeness (QED) is 0.0826. The third-order valence-electron chi connectivity index (χ3n) is 4.86. The van der Waals surface area contributed by atoms with Crippen molar-refractivity contribution in [2.75, 3.05) is 12.0 Å². The van der Waals surface area contributed by atoms with Gasteiger partial charge in [-0.1, -0.05) is 0 Å². The van der Waals surface area contributed by atoms with Crippen LogP contribution >= 0.6 is 11.8 Å². The number of carbonyl (C=O) groups excluding carboxylic acids is 5. The molecule has 0 rings (SSSR count). The van der Waals surface area contributed by atoms with E-state index >= 15 is 0 Å². The molecule has 16 heteroatoms. The number of nitrogens with two attached hydrogens (primary N) is 3. The van der Waals surface area contributed by atoms with Crippen molar-refractivity contribution in [1.82, 2.24) is 16.0 Å². The van der Waals surface area contributed by atoms with Gasteiger partial charge in [-0.05, 0) is 37.7 Å². The highest BCUT2D eigenvalue weighted by Crippen LogP contribution is 2.06. The van der Waals surface area contributed by atoms with Crippen LogP contribution in [0.15, 0.2) is 0 Å². The highest BCUT2D eigenvalue weighted by Gasteiger charge is 2.30. The predicted molar refractivity (Wildman–Crippen MR) is 128 cm³/mol. The molecule has 204 valence electrons. The summed E-state index contributed by atoms with van der Waals surface area (Å²) in [6, 6.07) is -5.31. The van der Waals surface area contributed by atoms with Crippen molar-refractivity contribution in [3.8, 4) is 0 Å². The van der Waals surface area contributed by atoms with Crippen molar-refractivity contribution in [3.05, 3.63) is 0 Å². The van der Waals surface area contributed by atoms with Crippen molar-refractivity contribution >= 4 is 53.2 Å². The Labute approximate surface area is 211 Å².